The van der Waals surface area contributed by atoms with Crippen LogP contribution >= 0.6 is 0 Å². The zero-order valence-electron chi connectivity index (χ0n) is 18.9. The van der Waals surface area contributed by atoms with Gasteiger partial charge in [0.1, 0.15) is 0 Å². The Morgan fingerprint density at radius 3 is 1.59 bits per heavy atom. The van der Waals surface area contributed by atoms with Gasteiger partial charge in [-0.1, -0.05) is 97.3 Å². The van der Waals surface area contributed by atoms with Crippen LogP contribution in [0.5, 0.6) is 0 Å². The summed E-state index contributed by atoms with van der Waals surface area (Å²) in [5.74, 6) is 3.07. The van der Waals surface area contributed by atoms with Gasteiger partial charge in [0, 0.05) is 6.61 Å². The third kappa shape index (κ3) is 10.3. The Morgan fingerprint density at radius 2 is 1.00 bits per heavy atom. The predicted molar refractivity (Wildman–Crippen MR) is 119 cm³/mol. The standard InChI is InChI=1S/C26H50O/c1-3-5-7-8-9-12-24-18-20-26(21-19-24)27-22-10-13-25-16-14-23(15-17-25)11-6-4-2/h23-26H,3-22H2,1-2H3/t23-,24-,25-,26-. The van der Waals surface area contributed by atoms with Crippen LogP contribution in [0, 0.1) is 17.8 Å². The van der Waals surface area contributed by atoms with E-state index in [0.29, 0.717) is 6.10 Å². The van der Waals surface area contributed by atoms with E-state index in [1.807, 2.05) is 0 Å². The van der Waals surface area contributed by atoms with E-state index in [2.05, 4.69) is 13.8 Å². The molecule has 1 heteroatoms. The maximum atomic E-state index is 6.25. The van der Waals surface area contributed by atoms with E-state index in [-0.39, 0.29) is 0 Å². The van der Waals surface area contributed by atoms with Crippen molar-refractivity contribution >= 4 is 0 Å². The molecule has 0 aliphatic heterocycles. The summed E-state index contributed by atoms with van der Waals surface area (Å²) in [6.07, 6.45) is 27.8. The summed E-state index contributed by atoms with van der Waals surface area (Å²) in [6, 6.07) is 0. The molecule has 0 atom stereocenters. The van der Waals surface area contributed by atoms with Crippen LogP contribution in [0.2, 0.25) is 0 Å². The number of hydrogen-bond donors (Lipinski definition) is 0. The van der Waals surface area contributed by atoms with Gasteiger partial charge in [0.2, 0.25) is 0 Å². The van der Waals surface area contributed by atoms with Gasteiger partial charge >= 0.3 is 0 Å². The highest BCUT2D eigenvalue weighted by Crippen LogP contribution is 2.34. The van der Waals surface area contributed by atoms with E-state index in [0.717, 1.165) is 24.4 Å². The molecule has 0 amide bonds. The van der Waals surface area contributed by atoms with Crippen molar-refractivity contribution in [2.24, 2.45) is 17.8 Å². The molecule has 0 aromatic rings. The molecule has 27 heavy (non-hydrogen) atoms. The average molecular weight is 379 g/mol. The number of ether oxygens (including phenoxy) is 1. The molecule has 2 saturated carbocycles. The third-order valence-corrected chi connectivity index (χ3v) is 7.55. The van der Waals surface area contributed by atoms with E-state index in [1.54, 1.807) is 0 Å². The maximum absolute atomic E-state index is 6.25. The predicted octanol–water partition coefficient (Wildman–Crippen LogP) is 8.70. The second kappa shape index (κ2) is 14.9. The second-order valence-corrected chi connectivity index (χ2v) is 9.89. The highest BCUT2D eigenvalue weighted by Gasteiger charge is 2.22. The summed E-state index contributed by atoms with van der Waals surface area (Å²) in [5.41, 5.74) is 0. The van der Waals surface area contributed by atoms with Gasteiger partial charge in [-0.05, 0) is 56.3 Å². The van der Waals surface area contributed by atoms with Gasteiger partial charge in [-0.15, -0.1) is 0 Å². The van der Waals surface area contributed by atoms with Crippen LogP contribution in [-0.4, -0.2) is 12.7 Å². The number of rotatable bonds is 14. The van der Waals surface area contributed by atoms with Gasteiger partial charge in [-0.3, -0.25) is 0 Å². The largest absolute Gasteiger partial charge is 0.378 e. The smallest absolute Gasteiger partial charge is 0.0575 e. The number of hydrogen-bond acceptors (Lipinski definition) is 1. The Bertz CT molecular complexity index is 323. The van der Waals surface area contributed by atoms with Crippen molar-refractivity contribution in [1.82, 2.24) is 0 Å². The monoisotopic (exact) mass is 378 g/mol. The molecule has 2 fully saturated rings. The van der Waals surface area contributed by atoms with Crippen LogP contribution in [-0.2, 0) is 4.74 Å². The van der Waals surface area contributed by atoms with Gasteiger partial charge in [-0.2, -0.15) is 0 Å². The van der Waals surface area contributed by atoms with Crippen molar-refractivity contribution in [3.8, 4) is 0 Å². The van der Waals surface area contributed by atoms with Gasteiger partial charge in [0.05, 0.1) is 6.10 Å². The van der Waals surface area contributed by atoms with Crippen molar-refractivity contribution in [2.45, 2.75) is 142 Å². The topological polar surface area (TPSA) is 9.23 Å². The Morgan fingerprint density at radius 1 is 0.519 bits per heavy atom. The van der Waals surface area contributed by atoms with Crippen LogP contribution < -0.4 is 0 Å². The minimum absolute atomic E-state index is 0.589. The fraction of sp³-hybridized carbons (Fsp3) is 1.00. The minimum atomic E-state index is 0.589. The fourth-order valence-corrected chi connectivity index (χ4v) is 5.55. The first-order chi connectivity index (χ1) is 13.3. The molecule has 160 valence electrons. The quantitative estimate of drug-likeness (QED) is 0.275. The third-order valence-electron chi connectivity index (χ3n) is 7.55. The van der Waals surface area contributed by atoms with Crippen LogP contribution in [0.15, 0.2) is 0 Å². The first-order valence-corrected chi connectivity index (χ1v) is 12.9. The summed E-state index contributed by atoms with van der Waals surface area (Å²) in [7, 11) is 0. The molecule has 0 spiro atoms. The zero-order chi connectivity index (χ0) is 19.2. The Labute approximate surface area is 171 Å². The fourth-order valence-electron chi connectivity index (χ4n) is 5.55. The van der Waals surface area contributed by atoms with E-state index in [4.69, 9.17) is 4.74 Å². The lowest BCUT2D eigenvalue weighted by Gasteiger charge is -2.30. The SMILES string of the molecule is CCCCCCC[C@H]1CC[C@H](OCCC[C@H]2CC[C@H](CCCC)CC2)CC1. The van der Waals surface area contributed by atoms with Gasteiger partial charge in [0.15, 0.2) is 0 Å². The molecule has 0 saturated heterocycles. The van der Waals surface area contributed by atoms with Crippen LogP contribution in [0.25, 0.3) is 0 Å². The molecule has 0 heterocycles. The van der Waals surface area contributed by atoms with Crippen LogP contribution in [0.4, 0.5) is 0 Å². The first kappa shape index (κ1) is 23.2. The summed E-state index contributed by atoms with van der Waals surface area (Å²) < 4.78 is 6.25. The molecule has 0 aromatic heterocycles. The summed E-state index contributed by atoms with van der Waals surface area (Å²) in [5, 5.41) is 0. The molecular weight excluding hydrogens is 328 g/mol. The van der Waals surface area contributed by atoms with Crippen molar-refractivity contribution in [3.63, 3.8) is 0 Å². The molecule has 2 rings (SSSR count). The molecule has 0 N–H and O–H groups in total. The molecular formula is C26H50O. The van der Waals surface area contributed by atoms with E-state index in [1.165, 1.54) is 122 Å². The zero-order valence-corrected chi connectivity index (χ0v) is 18.9. The Kier molecular flexibility index (Phi) is 12.8. The van der Waals surface area contributed by atoms with Crippen LogP contribution in [0.1, 0.15) is 136 Å². The van der Waals surface area contributed by atoms with Crippen molar-refractivity contribution in [2.75, 3.05) is 6.61 Å². The maximum Gasteiger partial charge on any atom is 0.0575 e. The lowest BCUT2D eigenvalue weighted by molar-refractivity contribution is 0.0131. The molecule has 0 unspecified atom stereocenters. The lowest BCUT2D eigenvalue weighted by Crippen LogP contribution is -2.22. The second-order valence-electron chi connectivity index (χ2n) is 9.89. The van der Waals surface area contributed by atoms with E-state index in [9.17, 15) is 0 Å². The van der Waals surface area contributed by atoms with E-state index >= 15 is 0 Å². The minimum Gasteiger partial charge on any atom is -0.378 e. The Hall–Kier alpha value is -0.0400. The van der Waals surface area contributed by atoms with Gasteiger partial charge < -0.3 is 4.74 Å². The molecule has 0 bridgehead atoms. The highest BCUT2D eigenvalue weighted by atomic mass is 16.5. The van der Waals surface area contributed by atoms with Gasteiger partial charge in [0.25, 0.3) is 0 Å². The van der Waals surface area contributed by atoms with Crippen LogP contribution in [0.3, 0.4) is 0 Å². The lowest BCUT2D eigenvalue weighted by atomic mass is 9.78. The highest BCUT2D eigenvalue weighted by molar-refractivity contribution is 4.74. The summed E-state index contributed by atoms with van der Waals surface area (Å²) >= 11 is 0. The first-order valence-electron chi connectivity index (χ1n) is 12.9. The molecule has 0 radical (unpaired) electrons. The average Bonchev–Trinajstić information content (AvgIpc) is 2.71. The molecule has 2 aliphatic carbocycles. The normalized spacial score (nSPS) is 29.1. The van der Waals surface area contributed by atoms with Crippen molar-refractivity contribution in [1.29, 1.82) is 0 Å². The summed E-state index contributed by atoms with van der Waals surface area (Å²) in [6.45, 7) is 5.66. The van der Waals surface area contributed by atoms with Crippen molar-refractivity contribution in [3.05, 3.63) is 0 Å². The molecule has 2 aliphatic rings. The Balaban J connectivity index is 1.41. The van der Waals surface area contributed by atoms with E-state index < -0.39 is 0 Å². The van der Waals surface area contributed by atoms with Gasteiger partial charge in [-0.25, -0.2) is 0 Å². The number of unbranched alkanes of at least 4 members (excludes halogenated alkanes) is 5. The summed E-state index contributed by atoms with van der Waals surface area (Å²) in [4.78, 5) is 0. The molecule has 0 aromatic carbocycles. The molecule has 1 nitrogen and oxygen atoms in total. The van der Waals surface area contributed by atoms with Crippen molar-refractivity contribution < 1.29 is 4.74 Å².